The Morgan fingerprint density at radius 3 is 2.30 bits per heavy atom. The number of Topliss-reactive ketones (excluding diaryl/α,β-unsaturated/α-hetero) is 1. The first-order valence-corrected chi connectivity index (χ1v) is 8.94. The Labute approximate surface area is 121 Å². The summed E-state index contributed by atoms with van der Waals surface area (Å²) in [5, 5.41) is -0.939. The number of ketones is 1. The van der Waals surface area contributed by atoms with Gasteiger partial charge in [-0.25, -0.2) is 8.42 Å². The summed E-state index contributed by atoms with van der Waals surface area (Å²) in [6.07, 6.45) is 4.18. The van der Waals surface area contributed by atoms with Crippen molar-refractivity contribution in [3.05, 3.63) is 35.4 Å². The number of hydrogen-bond donors (Lipinski definition) is 0. The lowest BCUT2D eigenvalue weighted by Gasteiger charge is -2.15. The van der Waals surface area contributed by atoms with E-state index in [1.807, 2.05) is 19.1 Å². The SMILES string of the molecule is Cc1ccc(C(=O)C(C)S(=O)(=O)CC2CCCC2)cc1. The van der Waals surface area contributed by atoms with Crippen molar-refractivity contribution in [3.63, 3.8) is 0 Å². The molecule has 3 nitrogen and oxygen atoms in total. The molecule has 1 aliphatic rings. The van der Waals surface area contributed by atoms with Crippen LogP contribution in [0.5, 0.6) is 0 Å². The van der Waals surface area contributed by atoms with Gasteiger partial charge in [0.25, 0.3) is 0 Å². The van der Waals surface area contributed by atoms with E-state index in [-0.39, 0.29) is 17.5 Å². The van der Waals surface area contributed by atoms with Gasteiger partial charge in [-0.05, 0) is 32.6 Å². The molecule has 20 heavy (non-hydrogen) atoms. The van der Waals surface area contributed by atoms with Crippen molar-refractivity contribution in [2.45, 2.75) is 44.8 Å². The fourth-order valence-corrected chi connectivity index (χ4v) is 4.51. The van der Waals surface area contributed by atoms with Crippen LogP contribution in [0.25, 0.3) is 0 Å². The second-order valence-corrected chi connectivity index (χ2v) is 8.22. The van der Waals surface area contributed by atoms with E-state index in [0.717, 1.165) is 31.2 Å². The monoisotopic (exact) mass is 294 g/mol. The molecular weight excluding hydrogens is 272 g/mol. The van der Waals surface area contributed by atoms with Gasteiger partial charge >= 0.3 is 0 Å². The van der Waals surface area contributed by atoms with Gasteiger partial charge in [-0.2, -0.15) is 0 Å². The summed E-state index contributed by atoms with van der Waals surface area (Å²) >= 11 is 0. The van der Waals surface area contributed by atoms with Gasteiger partial charge in [0.1, 0.15) is 5.25 Å². The van der Waals surface area contributed by atoms with Gasteiger partial charge in [0.2, 0.25) is 0 Å². The molecule has 1 atom stereocenters. The summed E-state index contributed by atoms with van der Waals surface area (Å²) in [6.45, 7) is 3.46. The van der Waals surface area contributed by atoms with Crippen molar-refractivity contribution in [3.8, 4) is 0 Å². The minimum atomic E-state index is -3.35. The molecule has 1 unspecified atom stereocenters. The molecule has 0 saturated heterocycles. The normalized spacial score (nSPS) is 18.1. The minimum Gasteiger partial charge on any atom is -0.293 e. The van der Waals surface area contributed by atoms with Crippen LogP contribution < -0.4 is 0 Å². The summed E-state index contributed by atoms with van der Waals surface area (Å²) in [7, 11) is -3.35. The zero-order valence-electron chi connectivity index (χ0n) is 12.1. The molecule has 1 aromatic rings. The molecule has 0 aromatic heterocycles. The van der Waals surface area contributed by atoms with Crippen molar-refractivity contribution < 1.29 is 13.2 Å². The van der Waals surface area contributed by atoms with Crippen LogP contribution in [0.2, 0.25) is 0 Å². The predicted octanol–water partition coefficient (Wildman–Crippen LogP) is 3.17. The lowest BCUT2D eigenvalue weighted by molar-refractivity contribution is 0.0991. The highest BCUT2D eigenvalue weighted by atomic mass is 32.2. The average Bonchev–Trinajstić information content (AvgIpc) is 2.90. The van der Waals surface area contributed by atoms with Gasteiger partial charge in [0, 0.05) is 5.56 Å². The van der Waals surface area contributed by atoms with Crippen LogP contribution >= 0.6 is 0 Å². The fraction of sp³-hybridized carbons (Fsp3) is 0.562. The number of carbonyl (C=O) groups excluding carboxylic acids is 1. The third kappa shape index (κ3) is 3.48. The Morgan fingerprint density at radius 1 is 1.20 bits per heavy atom. The van der Waals surface area contributed by atoms with Crippen LogP contribution in [0, 0.1) is 12.8 Å². The average molecular weight is 294 g/mol. The van der Waals surface area contributed by atoms with E-state index in [4.69, 9.17) is 0 Å². The third-order valence-corrected chi connectivity index (χ3v) is 6.41. The Hall–Kier alpha value is -1.16. The number of rotatable bonds is 5. The lowest BCUT2D eigenvalue weighted by Crippen LogP contribution is -2.31. The van der Waals surface area contributed by atoms with Gasteiger partial charge in [0.05, 0.1) is 5.75 Å². The molecule has 2 rings (SSSR count). The van der Waals surface area contributed by atoms with E-state index in [0.29, 0.717) is 5.56 Å². The summed E-state index contributed by atoms with van der Waals surface area (Å²) in [5.41, 5.74) is 1.54. The molecule has 110 valence electrons. The second kappa shape index (κ2) is 6.08. The van der Waals surface area contributed by atoms with Gasteiger partial charge < -0.3 is 0 Å². The second-order valence-electron chi connectivity index (χ2n) is 5.85. The number of benzene rings is 1. The number of carbonyl (C=O) groups is 1. The van der Waals surface area contributed by atoms with Gasteiger partial charge in [-0.1, -0.05) is 42.7 Å². The van der Waals surface area contributed by atoms with Crippen LogP contribution in [0.15, 0.2) is 24.3 Å². The molecule has 0 aliphatic heterocycles. The first-order chi connectivity index (χ1) is 9.40. The molecule has 0 heterocycles. The van der Waals surface area contributed by atoms with Crippen molar-refractivity contribution in [2.24, 2.45) is 5.92 Å². The molecule has 0 N–H and O–H groups in total. The predicted molar refractivity (Wildman–Crippen MR) is 80.7 cm³/mol. The van der Waals surface area contributed by atoms with Crippen LogP contribution in [-0.2, 0) is 9.84 Å². The lowest BCUT2D eigenvalue weighted by atomic mass is 10.1. The topological polar surface area (TPSA) is 51.2 Å². The number of hydrogen-bond acceptors (Lipinski definition) is 3. The minimum absolute atomic E-state index is 0.159. The van der Waals surface area contributed by atoms with Crippen LogP contribution in [0.3, 0.4) is 0 Å². The zero-order valence-corrected chi connectivity index (χ0v) is 12.9. The first kappa shape index (κ1) is 15.2. The van der Waals surface area contributed by atoms with E-state index in [2.05, 4.69) is 0 Å². The van der Waals surface area contributed by atoms with E-state index in [1.165, 1.54) is 6.92 Å². The van der Waals surface area contributed by atoms with Gasteiger partial charge in [-0.15, -0.1) is 0 Å². The summed E-state index contributed by atoms with van der Waals surface area (Å²) in [4.78, 5) is 12.3. The number of sulfone groups is 1. The quantitative estimate of drug-likeness (QED) is 0.784. The van der Waals surface area contributed by atoms with Gasteiger partial charge in [-0.3, -0.25) is 4.79 Å². The Balaban J connectivity index is 2.10. The van der Waals surface area contributed by atoms with Crippen molar-refractivity contribution >= 4 is 15.6 Å². The number of aryl methyl sites for hydroxylation is 1. The van der Waals surface area contributed by atoms with Crippen LogP contribution in [0.1, 0.15) is 48.5 Å². The Kier molecular flexibility index (Phi) is 4.63. The zero-order chi connectivity index (χ0) is 14.8. The highest BCUT2D eigenvalue weighted by Crippen LogP contribution is 2.27. The molecule has 1 fully saturated rings. The molecule has 1 aliphatic carbocycles. The van der Waals surface area contributed by atoms with Crippen molar-refractivity contribution in [1.82, 2.24) is 0 Å². The van der Waals surface area contributed by atoms with Crippen molar-refractivity contribution in [1.29, 1.82) is 0 Å². The van der Waals surface area contributed by atoms with Crippen LogP contribution in [-0.4, -0.2) is 25.2 Å². The molecule has 0 amide bonds. The summed E-state index contributed by atoms with van der Waals surface area (Å²) in [5.74, 6) is 0.113. The van der Waals surface area contributed by atoms with E-state index < -0.39 is 15.1 Å². The standard InChI is InChI=1S/C16H22O3S/c1-12-7-9-15(10-8-12)16(17)13(2)20(18,19)11-14-5-3-4-6-14/h7-10,13-14H,3-6,11H2,1-2H3. The maximum absolute atomic E-state index is 12.3. The molecule has 4 heteroatoms. The third-order valence-electron chi connectivity index (χ3n) is 4.19. The first-order valence-electron chi connectivity index (χ1n) is 7.22. The highest BCUT2D eigenvalue weighted by Gasteiger charge is 2.32. The molecule has 1 aromatic carbocycles. The van der Waals surface area contributed by atoms with E-state index in [1.54, 1.807) is 12.1 Å². The van der Waals surface area contributed by atoms with E-state index >= 15 is 0 Å². The molecule has 1 saturated carbocycles. The van der Waals surface area contributed by atoms with Crippen LogP contribution in [0.4, 0.5) is 0 Å². The maximum Gasteiger partial charge on any atom is 0.180 e. The largest absolute Gasteiger partial charge is 0.293 e. The van der Waals surface area contributed by atoms with Gasteiger partial charge in [0.15, 0.2) is 15.6 Å². The smallest absolute Gasteiger partial charge is 0.180 e. The van der Waals surface area contributed by atoms with Crippen molar-refractivity contribution in [2.75, 3.05) is 5.75 Å². The summed E-state index contributed by atoms with van der Waals surface area (Å²) < 4.78 is 24.7. The summed E-state index contributed by atoms with van der Waals surface area (Å²) in [6, 6.07) is 7.09. The Bertz CT molecular complexity index is 566. The molecule has 0 bridgehead atoms. The maximum atomic E-state index is 12.3. The molecular formula is C16H22O3S. The highest BCUT2D eigenvalue weighted by molar-refractivity contribution is 7.92. The fourth-order valence-electron chi connectivity index (χ4n) is 2.77. The Morgan fingerprint density at radius 2 is 1.75 bits per heavy atom. The molecule has 0 spiro atoms. The molecule has 0 radical (unpaired) electrons. The van der Waals surface area contributed by atoms with E-state index in [9.17, 15) is 13.2 Å².